The molecule has 1 fully saturated rings. The molecule has 0 aromatic heterocycles. The first-order chi connectivity index (χ1) is 8.34. The van der Waals surface area contributed by atoms with E-state index < -0.39 is 0 Å². The molecule has 3 nitrogen and oxygen atoms in total. The van der Waals surface area contributed by atoms with E-state index in [1.54, 1.807) is 0 Å². The van der Waals surface area contributed by atoms with Crippen LogP contribution in [0.3, 0.4) is 0 Å². The van der Waals surface area contributed by atoms with Gasteiger partial charge in [0, 0.05) is 12.6 Å². The first-order valence-electron chi connectivity index (χ1n) is 6.38. The second-order valence-electron chi connectivity index (χ2n) is 4.61. The van der Waals surface area contributed by atoms with Gasteiger partial charge in [-0.3, -0.25) is 4.79 Å². The Morgan fingerprint density at radius 1 is 1.29 bits per heavy atom. The highest BCUT2D eigenvalue weighted by Gasteiger charge is 2.13. The van der Waals surface area contributed by atoms with E-state index in [2.05, 4.69) is 10.6 Å². The lowest BCUT2D eigenvalue weighted by atomic mass is 10.1. The minimum Gasteiger partial charge on any atom is -0.354 e. The minimum absolute atomic E-state index is 0.114. The SMILES string of the molecule is O=C(Cc1ccccc1)NCC1CCCCN1. The Labute approximate surface area is 103 Å². The van der Waals surface area contributed by atoms with Crippen LogP contribution in [0.4, 0.5) is 0 Å². The Kier molecular flexibility index (Phi) is 4.56. The lowest BCUT2D eigenvalue weighted by molar-refractivity contribution is -0.120. The zero-order chi connectivity index (χ0) is 11.9. The molecule has 2 rings (SSSR count). The number of amides is 1. The predicted octanol–water partition coefficient (Wildman–Crippen LogP) is 1.49. The average Bonchev–Trinajstić information content (AvgIpc) is 2.39. The molecule has 1 aromatic rings. The van der Waals surface area contributed by atoms with Crippen molar-refractivity contribution in [1.82, 2.24) is 10.6 Å². The summed E-state index contributed by atoms with van der Waals surface area (Å²) in [4.78, 5) is 11.7. The molecule has 2 N–H and O–H groups in total. The van der Waals surface area contributed by atoms with Crippen molar-refractivity contribution in [2.45, 2.75) is 31.7 Å². The van der Waals surface area contributed by atoms with Crippen LogP contribution in [0.2, 0.25) is 0 Å². The molecule has 3 heteroatoms. The molecular formula is C14H20N2O. The Balaban J connectivity index is 1.70. The highest BCUT2D eigenvalue weighted by atomic mass is 16.1. The molecule has 1 atom stereocenters. The largest absolute Gasteiger partial charge is 0.354 e. The van der Waals surface area contributed by atoms with Crippen molar-refractivity contribution in [1.29, 1.82) is 0 Å². The van der Waals surface area contributed by atoms with Crippen molar-refractivity contribution in [3.63, 3.8) is 0 Å². The number of carbonyl (C=O) groups is 1. The summed E-state index contributed by atoms with van der Waals surface area (Å²) in [5, 5.41) is 6.42. The van der Waals surface area contributed by atoms with Crippen LogP contribution in [0.25, 0.3) is 0 Å². The Bertz CT molecular complexity index is 344. The van der Waals surface area contributed by atoms with Gasteiger partial charge < -0.3 is 10.6 Å². The highest BCUT2D eigenvalue weighted by molar-refractivity contribution is 5.78. The van der Waals surface area contributed by atoms with E-state index in [-0.39, 0.29) is 5.91 Å². The van der Waals surface area contributed by atoms with Gasteiger partial charge in [-0.1, -0.05) is 36.8 Å². The summed E-state index contributed by atoms with van der Waals surface area (Å²) >= 11 is 0. The van der Waals surface area contributed by atoms with Gasteiger partial charge in [-0.2, -0.15) is 0 Å². The van der Waals surface area contributed by atoms with E-state index in [0.717, 1.165) is 18.7 Å². The second-order valence-corrected chi connectivity index (χ2v) is 4.61. The van der Waals surface area contributed by atoms with Crippen molar-refractivity contribution >= 4 is 5.91 Å². The van der Waals surface area contributed by atoms with Crippen molar-refractivity contribution in [3.8, 4) is 0 Å². The second kappa shape index (κ2) is 6.40. The molecule has 0 spiro atoms. The lowest BCUT2D eigenvalue weighted by Crippen LogP contribution is -2.43. The predicted molar refractivity (Wildman–Crippen MR) is 68.8 cm³/mol. The molecule has 1 saturated heterocycles. The van der Waals surface area contributed by atoms with Crippen LogP contribution in [-0.2, 0) is 11.2 Å². The van der Waals surface area contributed by atoms with Gasteiger partial charge in [0.1, 0.15) is 0 Å². The third-order valence-corrected chi connectivity index (χ3v) is 3.17. The smallest absolute Gasteiger partial charge is 0.224 e. The molecule has 0 radical (unpaired) electrons. The van der Waals surface area contributed by atoms with Crippen LogP contribution >= 0.6 is 0 Å². The quantitative estimate of drug-likeness (QED) is 0.825. The normalized spacial score (nSPS) is 19.9. The molecular weight excluding hydrogens is 212 g/mol. The number of benzene rings is 1. The molecule has 1 aromatic carbocycles. The van der Waals surface area contributed by atoms with Gasteiger partial charge in [-0.05, 0) is 24.9 Å². The van der Waals surface area contributed by atoms with Crippen LogP contribution in [0.1, 0.15) is 24.8 Å². The van der Waals surface area contributed by atoms with Crippen LogP contribution in [0.15, 0.2) is 30.3 Å². The monoisotopic (exact) mass is 232 g/mol. The molecule has 1 aliphatic heterocycles. The minimum atomic E-state index is 0.114. The highest BCUT2D eigenvalue weighted by Crippen LogP contribution is 2.06. The van der Waals surface area contributed by atoms with E-state index in [4.69, 9.17) is 0 Å². The fourth-order valence-electron chi connectivity index (χ4n) is 2.18. The molecule has 1 amide bonds. The standard InChI is InChI=1S/C14H20N2O/c17-14(10-12-6-2-1-3-7-12)16-11-13-8-4-5-9-15-13/h1-3,6-7,13,15H,4-5,8-11H2,(H,16,17). The maximum Gasteiger partial charge on any atom is 0.224 e. The number of nitrogens with one attached hydrogen (secondary N) is 2. The third kappa shape index (κ3) is 4.19. The maximum absolute atomic E-state index is 11.7. The topological polar surface area (TPSA) is 41.1 Å². The Hall–Kier alpha value is -1.35. The number of carbonyl (C=O) groups excluding carboxylic acids is 1. The van der Waals surface area contributed by atoms with E-state index in [1.165, 1.54) is 19.3 Å². The lowest BCUT2D eigenvalue weighted by Gasteiger charge is -2.23. The van der Waals surface area contributed by atoms with Crippen LogP contribution in [0.5, 0.6) is 0 Å². The van der Waals surface area contributed by atoms with Crippen molar-refractivity contribution < 1.29 is 4.79 Å². The molecule has 0 bridgehead atoms. The summed E-state index contributed by atoms with van der Waals surface area (Å²) < 4.78 is 0. The summed E-state index contributed by atoms with van der Waals surface area (Å²) in [7, 11) is 0. The van der Waals surface area contributed by atoms with Gasteiger partial charge in [0.25, 0.3) is 0 Å². The van der Waals surface area contributed by atoms with Gasteiger partial charge in [-0.25, -0.2) is 0 Å². The molecule has 1 aliphatic rings. The number of rotatable bonds is 4. The maximum atomic E-state index is 11.7. The van der Waals surface area contributed by atoms with Crippen LogP contribution < -0.4 is 10.6 Å². The summed E-state index contributed by atoms with van der Waals surface area (Å²) in [5.74, 6) is 0.114. The van der Waals surface area contributed by atoms with Gasteiger partial charge in [0.2, 0.25) is 5.91 Å². The first-order valence-corrected chi connectivity index (χ1v) is 6.38. The van der Waals surface area contributed by atoms with E-state index in [9.17, 15) is 4.79 Å². The summed E-state index contributed by atoms with van der Waals surface area (Å²) in [6.45, 7) is 1.84. The van der Waals surface area contributed by atoms with Crippen LogP contribution in [-0.4, -0.2) is 25.0 Å². The summed E-state index contributed by atoms with van der Waals surface area (Å²) in [6, 6.07) is 10.3. The van der Waals surface area contributed by atoms with Crippen molar-refractivity contribution in [2.24, 2.45) is 0 Å². The molecule has 0 saturated carbocycles. The fourth-order valence-corrected chi connectivity index (χ4v) is 2.18. The number of hydrogen-bond acceptors (Lipinski definition) is 2. The number of hydrogen-bond donors (Lipinski definition) is 2. The van der Waals surface area contributed by atoms with Crippen molar-refractivity contribution in [2.75, 3.05) is 13.1 Å². The molecule has 1 unspecified atom stereocenters. The molecule has 92 valence electrons. The van der Waals surface area contributed by atoms with E-state index in [0.29, 0.717) is 12.5 Å². The Morgan fingerprint density at radius 2 is 2.12 bits per heavy atom. The molecule has 1 heterocycles. The van der Waals surface area contributed by atoms with E-state index >= 15 is 0 Å². The van der Waals surface area contributed by atoms with Gasteiger partial charge in [0.15, 0.2) is 0 Å². The van der Waals surface area contributed by atoms with Gasteiger partial charge in [-0.15, -0.1) is 0 Å². The number of piperidine rings is 1. The van der Waals surface area contributed by atoms with Gasteiger partial charge >= 0.3 is 0 Å². The van der Waals surface area contributed by atoms with Crippen LogP contribution in [0, 0.1) is 0 Å². The first kappa shape index (κ1) is 12.1. The summed E-state index contributed by atoms with van der Waals surface area (Å²) in [6.07, 6.45) is 4.18. The molecule has 0 aliphatic carbocycles. The average molecular weight is 232 g/mol. The molecule has 17 heavy (non-hydrogen) atoms. The zero-order valence-corrected chi connectivity index (χ0v) is 10.1. The van der Waals surface area contributed by atoms with Gasteiger partial charge in [0.05, 0.1) is 6.42 Å². The fraction of sp³-hybridized carbons (Fsp3) is 0.500. The third-order valence-electron chi connectivity index (χ3n) is 3.17. The Morgan fingerprint density at radius 3 is 2.82 bits per heavy atom. The van der Waals surface area contributed by atoms with Crippen molar-refractivity contribution in [3.05, 3.63) is 35.9 Å². The summed E-state index contributed by atoms with van der Waals surface area (Å²) in [5.41, 5.74) is 1.07. The zero-order valence-electron chi connectivity index (χ0n) is 10.1. The van der Waals surface area contributed by atoms with E-state index in [1.807, 2.05) is 30.3 Å².